The highest BCUT2D eigenvalue weighted by Crippen LogP contribution is 2.41. The van der Waals surface area contributed by atoms with Gasteiger partial charge in [0.25, 0.3) is 5.22 Å². The minimum absolute atomic E-state index is 0.0355. The van der Waals surface area contributed by atoms with Crippen LogP contribution in [0.25, 0.3) is 33.7 Å². The number of esters is 1. The fourth-order valence-corrected chi connectivity index (χ4v) is 8.31. The van der Waals surface area contributed by atoms with E-state index in [1.807, 2.05) is 164 Å². The lowest BCUT2D eigenvalue weighted by molar-refractivity contribution is -0.245. The average molecular weight is 846 g/mol. The topological polar surface area (TPSA) is 132 Å². The number of methoxy groups -OCH3 is 1. The zero-order valence-electron chi connectivity index (χ0n) is 34.2. The molecule has 2 amide bonds. The number of benzene rings is 6. The van der Waals surface area contributed by atoms with Crippen molar-refractivity contribution >= 4 is 23.8 Å². The summed E-state index contributed by atoms with van der Waals surface area (Å²) >= 11 is 1.52. The summed E-state index contributed by atoms with van der Waals surface area (Å²) in [4.78, 5) is 30.6. The zero-order valence-corrected chi connectivity index (χ0v) is 35.0. The third-order valence-corrected chi connectivity index (χ3v) is 11.7. The molecule has 8 rings (SSSR count). The van der Waals surface area contributed by atoms with E-state index in [2.05, 4.69) is 10.6 Å². The molecule has 6 aromatic carbocycles. The first-order chi connectivity index (χ1) is 30.4. The fraction of sp³-hybridized carbons (Fsp3) is 0.196. The Morgan fingerprint density at radius 1 is 0.742 bits per heavy atom. The van der Waals surface area contributed by atoms with Crippen molar-refractivity contribution in [3.05, 3.63) is 192 Å². The number of aromatic nitrogens is 1. The lowest BCUT2D eigenvalue weighted by atomic mass is 9.98. The zero-order chi connectivity index (χ0) is 42.7. The minimum Gasteiger partial charge on any atom is -0.467 e. The molecule has 0 spiro atoms. The average Bonchev–Trinajstić information content (AvgIpc) is 3.78. The van der Waals surface area contributed by atoms with Crippen molar-refractivity contribution < 1.29 is 33.3 Å². The van der Waals surface area contributed by atoms with Gasteiger partial charge in [0.2, 0.25) is 0 Å². The first kappa shape index (κ1) is 42.2. The molecule has 11 heteroatoms. The number of amides is 2. The van der Waals surface area contributed by atoms with Crippen LogP contribution in [0.3, 0.4) is 0 Å². The first-order valence-corrected chi connectivity index (χ1v) is 21.5. The van der Waals surface area contributed by atoms with Gasteiger partial charge in [0.1, 0.15) is 11.7 Å². The number of thioether (sulfide) groups is 1. The molecule has 0 bridgehead atoms. The van der Waals surface area contributed by atoms with Gasteiger partial charge in [0.05, 0.1) is 25.9 Å². The number of oxazole rings is 1. The second-order valence-corrected chi connectivity index (χ2v) is 15.9. The smallest absolute Gasteiger partial charge is 0.328 e. The Morgan fingerprint density at radius 2 is 1.39 bits per heavy atom. The Hall–Kier alpha value is -6.50. The van der Waals surface area contributed by atoms with Crippen molar-refractivity contribution in [3.8, 4) is 33.7 Å². The predicted octanol–water partition coefficient (Wildman–Crippen LogP) is 10.1. The molecule has 0 saturated carbocycles. The van der Waals surface area contributed by atoms with Crippen LogP contribution < -0.4 is 10.6 Å². The normalized spacial score (nSPS) is 16.6. The molecule has 1 saturated heterocycles. The number of carbonyl (C=O) groups is 2. The number of nitrogens with one attached hydrogen (secondary N) is 2. The van der Waals surface area contributed by atoms with Gasteiger partial charge in [-0.25, -0.2) is 14.6 Å². The molecule has 1 aromatic heterocycles. The van der Waals surface area contributed by atoms with Crippen LogP contribution in [-0.2, 0) is 38.6 Å². The van der Waals surface area contributed by atoms with Crippen LogP contribution in [0.1, 0.15) is 46.6 Å². The Balaban J connectivity index is 0.974. The minimum atomic E-state index is -0.839. The van der Waals surface area contributed by atoms with E-state index in [0.29, 0.717) is 23.8 Å². The van der Waals surface area contributed by atoms with E-state index in [1.165, 1.54) is 18.9 Å². The van der Waals surface area contributed by atoms with Gasteiger partial charge in [-0.2, -0.15) is 0 Å². The van der Waals surface area contributed by atoms with Gasteiger partial charge in [0, 0.05) is 41.8 Å². The van der Waals surface area contributed by atoms with Gasteiger partial charge >= 0.3 is 12.0 Å². The van der Waals surface area contributed by atoms with Crippen LogP contribution >= 0.6 is 11.8 Å². The number of rotatable bonds is 15. The summed E-state index contributed by atoms with van der Waals surface area (Å²) in [7, 11) is 1.31. The van der Waals surface area contributed by atoms with Crippen molar-refractivity contribution in [1.82, 2.24) is 15.6 Å². The Kier molecular flexibility index (Phi) is 13.9. The molecule has 2 heterocycles. The lowest BCUT2D eigenvalue weighted by Gasteiger charge is -2.36. The van der Waals surface area contributed by atoms with Gasteiger partial charge in [0.15, 0.2) is 12.1 Å². The quantitative estimate of drug-likeness (QED) is 0.0682. The number of hydrogen-bond donors (Lipinski definition) is 3. The summed E-state index contributed by atoms with van der Waals surface area (Å²) in [6.07, 6.45) is -0.216. The summed E-state index contributed by atoms with van der Waals surface area (Å²) in [5.41, 5.74) is 9.12. The summed E-state index contributed by atoms with van der Waals surface area (Å²) in [6, 6.07) is 52.0. The number of hydrogen-bond acceptors (Lipinski definition) is 9. The third-order valence-electron chi connectivity index (χ3n) is 10.7. The number of aliphatic hydroxyl groups excluding tert-OH is 1. The van der Waals surface area contributed by atoms with Gasteiger partial charge in [-0.3, -0.25) is 0 Å². The number of urea groups is 1. The molecular weight excluding hydrogens is 799 g/mol. The van der Waals surface area contributed by atoms with E-state index in [0.717, 1.165) is 61.5 Å². The molecule has 1 fully saturated rings. The summed E-state index contributed by atoms with van der Waals surface area (Å²) < 4.78 is 24.8. The van der Waals surface area contributed by atoms with Crippen LogP contribution in [0.2, 0.25) is 0 Å². The second-order valence-electron chi connectivity index (χ2n) is 14.9. The van der Waals surface area contributed by atoms with Crippen LogP contribution in [0.5, 0.6) is 0 Å². The molecule has 0 unspecified atom stereocenters. The monoisotopic (exact) mass is 845 g/mol. The van der Waals surface area contributed by atoms with E-state index in [-0.39, 0.29) is 25.4 Å². The number of ether oxygens (including phenoxy) is 3. The van der Waals surface area contributed by atoms with E-state index in [1.54, 1.807) is 0 Å². The predicted molar refractivity (Wildman–Crippen MR) is 240 cm³/mol. The largest absolute Gasteiger partial charge is 0.467 e. The number of aliphatic hydroxyl groups is 1. The van der Waals surface area contributed by atoms with Gasteiger partial charge in [-0.1, -0.05) is 176 Å². The van der Waals surface area contributed by atoms with Crippen LogP contribution in [0.15, 0.2) is 173 Å². The van der Waals surface area contributed by atoms with Crippen molar-refractivity contribution in [2.75, 3.05) is 12.9 Å². The molecule has 7 aromatic rings. The summed E-state index contributed by atoms with van der Waals surface area (Å²) in [5, 5.41) is 15.9. The Labute approximate surface area is 365 Å². The van der Waals surface area contributed by atoms with Crippen LogP contribution in [0, 0.1) is 0 Å². The standard InChI is InChI=1S/C51H47N3O7S/c1-58-48(56)44(29-34-13-5-2-6-14-34)53-50(57)52-31-41-19-11-12-20-43(41)36-25-27-40(28-26-36)49-59-42(30-45(60-49)37-23-21-35(32-55)22-24-37)33-62-51-54-46(38-15-7-3-8-16-38)47(61-51)39-17-9-4-10-18-39/h2-28,42,44-45,49,55H,29-33H2,1H3,(H2,52,53,57)/t42-,44-,45+,49+/m0/s1. The highest BCUT2D eigenvalue weighted by molar-refractivity contribution is 7.99. The van der Waals surface area contributed by atoms with Crippen molar-refractivity contribution in [2.24, 2.45) is 0 Å². The molecular formula is C51H47N3O7S. The fourth-order valence-electron chi connectivity index (χ4n) is 7.47. The lowest BCUT2D eigenvalue weighted by Crippen LogP contribution is -2.47. The maximum atomic E-state index is 13.1. The molecule has 1 aliphatic rings. The molecule has 4 atom stereocenters. The maximum Gasteiger partial charge on any atom is 0.328 e. The molecule has 62 heavy (non-hydrogen) atoms. The Morgan fingerprint density at radius 3 is 2.08 bits per heavy atom. The van der Waals surface area contributed by atoms with Gasteiger partial charge in [-0.15, -0.1) is 0 Å². The van der Waals surface area contributed by atoms with E-state index < -0.39 is 24.3 Å². The SMILES string of the molecule is COC(=O)[C@H](Cc1ccccc1)NC(=O)NCc1ccccc1-c1ccc([C@@H]2O[C@H](CSc3nc(-c4ccccc4)c(-c4ccccc4)o3)C[C@H](c3ccc(CO)cc3)O2)cc1. The molecule has 1 aliphatic heterocycles. The van der Waals surface area contributed by atoms with Crippen molar-refractivity contribution in [3.63, 3.8) is 0 Å². The number of carbonyl (C=O) groups excluding carboxylic acids is 2. The van der Waals surface area contributed by atoms with E-state index >= 15 is 0 Å². The van der Waals surface area contributed by atoms with Gasteiger partial charge in [-0.05, 0) is 33.4 Å². The maximum absolute atomic E-state index is 13.1. The number of nitrogens with zero attached hydrogens (tertiary/aromatic N) is 1. The molecule has 3 N–H and O–H groups in total. The molecule has 0 aliphatic carbocycles. The summed E-state index contributed by atoms with van der Waals surface area (Å²) in [5.74, 6) is 0.779. The second kappa shape index (κ2) is 20.4. The molecule has 314 valence electrons. The summed E-state index contributed by atoms with van der Waals surface area (Å²) in [6.45, 7) is 0.199. The highest BCUT2D eigenvalue weighted by atomic mass is 32.2. The van der Waals surface area contributed by atoms with Crippen LogP contribution in [-0.4, -0.2) is 47.1 Å². The van der Waals surface area contributed by atoms with Gasteiger partial charge < -0.3 is 34.4 Å². The Bertz CT molecular complexity index is 2480. The van der Waals surface area contributed by atoms with Crippen molar-refractivity contribution in [2.45, 2.75) is 55.8 Å². The highest BCUT2D eigenvalue weighted by Gasteiger charge is 2.33. The van der Waals surface area contributed by atoms with Crippen molar-refractivity contribution in [1.29, 1.82) is 0 Å². The first-order valence-electron chi connectivity index (χ1n) is 20.5. The molecule has 10 nitrogen and oxygen atoms in total. The van der Waals surface area contributed by atoms with E-state index in [9.17, 15) is 14.7 Å². The third kappa shape index (κ3) is 10.5. The van der Waals surface area contributed by atoms with E-state index in [4.69, 9.17) is 23.6 Å². The molecule has 0 radical (unpaired) electrons. The van der Waals surface area contributed by atoms with Crippen LogP contribution in [0.4, 0.5) is 4.79 Å².